The van der Waals surface area contributed by atoms with Crippen molar-refractivity contribution in [2.24, 2.45) is 0 Å². The molecule has 10 nitrogen and oxygen atoms in total. The molecule has 31 heavy (non-hydrogen) atoms. The SMILES string of the molecule is COc1cncc2c1OC(C(F)(F)F)CN2C(=O)Nc1cnc(-n2nccn2)c(Cl)c1. The standard InChI is InChI=1S/C17H13ClF3N7O3/c1-30-12-7-22-6-11-14(12)31-13(17(19,20)21)8-27(11)16(29)26-9-4-10(18)15(23-5-9)28-24-2-3-25-28/h2-7,13H,8H2,1H3,(H,26,29). The van der Waals surface area contributed by atoms with Crippen LogP contribution in [0.5, 0.6) is 11.5 Å². The number of carbonyl (C=O) groups excluding carboxylic acids is 1. The van der Waals surface area contributed by atoms with E-state index in [1.807, 2.05) is 0 Å². The Bertz CT molecular complexity index is 1110. The van der Waals surface area contributed by atoms with E-state index < -0.39 is 24.9 Å². The number of urea groups is 1. The van der Waals surface area contributed by atoms with E-state index in [2.05, 4.69) is 25.5 Å². The number of pyridine rings is 2. The van der Waals surface area contributed by atoms with Crippen LogP contribution in [0.1, 0.15) is 0 Å². The average Bonchev–Trinajstić information content (AvgIpc) is 3.26. The van der Waals surface area contributed by atoms with Crippen LogP contribution in [-0.4, -0.2) is 56.9 Å². The zero-order valence-corrected chi connectivity index (χ0v) is 16.4. The minimum absolute atomic E-state index is 0.0220. The molecular formula is C17H13ClF3N7O3. The number of hydrogen-bond acceptors (Lipinski definition) is 7. The van der Waals surface area contributed by atoms with Gasteiger partial charge >= 0.3 is 12.2 Å². The maximum Gasteiger partial charge on any atom is 0.427 e. The van der Waals surface area contributed by atoms with E-state index in [0.717, 1.165) is 4.90 Å². The lowest BCUT2D eigenvalue weighted by molar-refractivity contribution is -0.193. The highest BCUT2D eigenvalue weighted by Gasteiger charge is 2.47. The molecule has 1 N–H and O–H groups in total. The molecule has 0 fully saturated rings. The van der Waals surface area contributed by atoms with Crippen LogP contribution in [0, 0.1) is 0 Å². The number of nitrogens with zero attached hydrogens (tertiary/aromatic N) is 6. The summed E-state index contributed by atoms with van der Waals surface area (Å²) in [6, 6.07) is 0.508. The molecule has 1 aliphatic rings. The molecule has 0 saturated carbocycles. The first kappa shape index (κ1) is 20.7. The summed E-state index contributed by atoms with van der Waals surface area (Å²) in [4.78, 5) is 22.9. The molecule has 0 spiro atoms. The Labute approximate surface area is 177 Å². The Balaban J connectivity index is 1.63. The number of amides is 2. The fourth-order valence-corrected chi connectivity index (χ4v) is 3.09. The van der Waals surface area contributed by atoms with Crippen molar-refractivity contribution in [2.75, 3.05) is 23.9 Å². The largest absolute Gasteiger partial charge is 0.491 e. The first-order valence-corrected chi connectivity index (χ1v) is 9.02. The molecule has 0 radical (unpaired) electrons. The highest BCUT2D eigenvalue weighted by molar-refractivity contribution is 6.32. The Kier molecular flexibility index (Phi) is 5.27. The first-order valence-electron chi connectivity index (χ1n) is 8.64. The molecule has 162 valence electrons. The summed E-state index contributed by atoms with van der Waals surface area (Å²) in [5.74, 6) is -0.0602. The number of halogens is 4. The maximum atomic E-state index is 13.4. The van der Waals surface area contributed by atoms with Crippen LogP contribution in [0.25, 0.3) is 5.82 Å². The minimum Gasteiger partial charge on any atom is -0.491 e. The van der Waals surface area contributed by atoms with Crippen molar-refractivity contribution in [1.29, 1.82) is 0 Å². The van der Waals surface area contributed by atoms with Gasteiger partial charge < -0.3 is 14.8 Å². The van der Waals surface area contributed by atoms with Crippen LogP contribution in [-0.2, 0) is 0 Å². The lowest BCUT2D eigenvalue weighted by atomic mass is 10.2. The lowest BCUT2D eigenvalue weighted by Crippen LogP contribution is -2.51. The molecule has 1 atom stereocenters. The number of ether oxygens (including phenoxy) is 2. The summed E-state index contributed by atoms with van der Waals surface area (Å²) in [6.07, 6.45) is -0.424. The average molecular weight is 456 g/mol. The Morgan fingerprint density at radius 1 is 1.29 bits per heavy atom. The van der Waals surface area contributed by atoms with Gasteiger partial charge in [-0.3, -0.25) is 9.88 Å². The third kappa shape index (κ3) is 4.03. The van der Waals surface area contributed by atoms with E-state index in [1.54, 1.807) is 0 Å². The minimum atomic E-state index is -4.71. The van der Waals surface area contributed by atoms with Crippen molar-refractivity contribution in [3.8, 4) is 17.3 Å². The molecule has 1 aliphatic heterocycles. The van der Waals surface area contributed by atoms with Crippen molar-refractivity contribution in [1.82, 2.24) is 25.0 Å². The van der Waals surface area contributed by atoms with Crippen molar-refractivity contribution in [3.63, 3.8) is 0 Å². The van der Waals surface area contributed by atoms with Gasteiger partial charge in [0.05, 0.1) is 55.3 Å². The zero-order chi connectivity index (χ0) is 22.2. The van der Waals surface area contributed by atoms with Gasteiger partial charge in [-0.2, -0.15) is 23.4 Å². The second-order valence-electron chi connectivity index (χ2n) is 6.23. The van der Waals surface area contributed by atoms with Gasteiger partial charge in [0.2, 0.25) is 6.10 Å². The smallest absolute Gasteiger partial charge is 0.427 e. The van der Waals surface area contributed by atoms with Crippen molar-refractivity contribution < 1.29 is 27.4 Å². The summed E-state index contributed by atoms with van der Waals surface area (Å²) in [5.41, 5.74) is 0.173. The van der Waals surface area contributed by atoms with Crippen molar-refractivity contribution >= 4 is 29.0 Å². The van der Waals surface area contributed by atoms with Crippen molar-refractivity contribution in [3.05, 3.63) is 42.1 Å². The fourth-order valence-electron chi connectivity index (χ4n) is 2.84. The van der Waals surface area contributed by atoms with Crippen LogP contribution < -0.4 is 19.7 Å². The summed E-state index contributed by atoms with van der Waals surface area (Å²) >= 11 is 6.17. The lowest BCUT2D eigenvalue weighted by Gasteiger charge is -2.35. The molecule has 14 heteroatoms. The first-order chi connectivity index (χ1) is 14.8. The molecule has 4 rings (SSSR count). The van der Waals surface area contributed by atoms with Gasteiger partial charge in [0.1, 0.15) is 5.69 Å². The molecule has 2 amide bonds. The van der Waals surface area contributed by atoms with Crippen LogP contribution in [0.15, 0.2) is 37.1 Å². The number of hydrogen-bond donors (Lipinski definition) is 1. The number of alkyl halides is 3. The van der Waals surface area contributed by atoms with E-state index in [9.17, 15) is 18.0 Å². The molecule has 3 aromatic heterocycles. The number of aromatic nitrogens is 5. The number of anilines is 2. The topological polar surface area (TPSA) is 107 Å². The fraction of sp³-hybridized carbons (Fsp3) is 0.235. The van der Waals surface area contributed by atoms with Crippen LogP contribution in [0.4, 0.5) is 29.3 Å². The third-order valence-electron chi connectivity index (χ3n) is 4.26. The summed E-state index contributed by atoms with van der Waals surface area (Å²) in [6.45, 7) is -0.784. The molecule has 3 aromatic rings. The number of rotatable bonds is 3. The number of nitrogens with one attached hydrogen (secondary N) is 1. The molecule has 0 aromatic carbocycles. The van der Waals surface area contributed by atoms with E-state index in [1.165, 1.54) is 49.0 Å². The van der Waals surface area contributed by atoms with Crippen LogP contribution in [0.3, 0.4) is 0 Å². The second-order valence-corrected chi connectivity index (χ2v) is 6.63. The van der Waals surface area contributed by atoms with E-state index in [0.29, 0.717) is 0 Å². The van der Waals surface area contributed by atoms with Gasteiger partial charge in [0.25, 0.3) is 0 Å². The number of fused-ring (bicyclic) bond motifs is 1. The van der Waals surface area contributed by atoms with Gasteiger partial charge in [0, 0.05) is 0 Å². The van der Waals surface area contributed by atoms with Gasteiger partial charge in [-0.1, -0.05) is 11.6 Å². The van der Waals surface area contributed by atoms with Gasteiger partial charge in [0.15, 0.2) is 17.3 Å². The summed E-state index contributed by atoms with van der Waals surface area (Å²) < 4.78 is 50.2. The normalized spacial score (nSPS) is 15.8. The monoisotopic (exact) mass is 455 g/mol. The molecular weight excluding hydrogens is 443 g/mol. The summed E-state index contributed by atoms with van der Waals surface area (Å²) in [7, 11) is 1.26. The van der Waals surface area contributed by atoms with E-state index in [4.69, 9.17) is 21.1 Å². The van der Waals surface area contributed by atoms with Crippen molar-refractivity contribution in [2.45, 2.75) is 12.3 Å². The Morgan fingerprint density at radius 2 is 2.03 bits per heavy atom. The second kappa shape index (κ2) is 7.91. The number of methoxy groups -OCH3 is 1. The Morgan fingerprint density at radius 3 is 2.68 bits per heavy atom. The highest BCUT2D eigenvalue weighted by atomic mass is 35.5. The molecule has 4 heterocycles. The van der Waals surface area contributed by atoms with E-state index >= 15 is 0 Å². The maximum absolute atomic E-state index is 13.4. The summed E-state index contributed by atoms with van der Waals surface area (Å²) in [5, 5.41) is 10.4. The predicted molar refractivity (Wildman–Crippen MR) is 102 cm³/mol. The highest BCUT2D eigenvalue weighted by Crippen LogP contribution is 2.43. The third-order valence-corrected chi connectivity index (χ3v) is 4.53. The quantitative estimate of drug-likeness (QED) is 0.646. The predicted octanol–water partition coefficient (Wildman–Crippen LogP) is 3.08. The van der Waals surface area contributed by atoms with Gasteiger partial charge in [-0.25, -0.2) is 9.78 Å². The zero-order valence-electron chi connectivity index (χ0n) is 15.7. The number of carbonyl (C=O) groups is 1. The molecule has 1 unspecified atom stereocenters. The van der Waals surface area contributed by atoms with E-state index in [-0.39, 0.29) is 33.7 Å². The molecule has 0 aliphatic carbocycles. The molecule has 0 saturated heterocycles. The van der Waals surface area contributed by atoms with Gasteiger partial charge in [-0.05, 0) is 6.07 Å². The van der Waals surface area contributed by atoms with Crippen LogP contribution in [0.2, 0.25) is 5.02 Å². The Hall–Kier alpha value is -3.61. The molecule has 0 bridgehead atoms. The van der Waals surface area contributed by atoms with Gasteiger partial charge in [-0.15, -0.1) is 4.80 Å². The van der Waals surface area contributed by atoms with Crippen LogP contribution >= 0.6 is 11.6 Å².